The van der Waals surface area contributed by atoms with Gasteiger partial charge in [-0.2, -0.15) is 5.10 Å². The van der Waals surface area contributed by atoms with Gasteiger partial charge >= 0.3 is 0 Å². The van der Waals surface area contributed by atoms with Crippen LogP contribution < -0.4 is 5.43 Å². The zero-order valence-electron chi connectivity index (χ0n) is 12.9. The number of hydrogen-bond acceptors (Lipinski definition) is 4. The van der Waals surface area contributed by atoms with Gasteiger partial charge in [0.2, 0.25) is 0 Å². The molecule has 1 aliphatic rings. The molecule has 2 heterocycles. The molecule has 0 unspecified atom stereocenters. The highest BCUT2D eigenvalue weighted by Crippen LogP contribution is 2.28. The number of halogens is 2. The largest absolute Gasteiger partial charge is 0.265 e. The average Bonchev–Trinajstić information content (AvgIpc) is 2.82. The van der Waals surface area contributed by atoms with Crippen LogP contribution in [0.1, 0.15) is 16.7 Å². The second-order valence-electron chi connectivity index (χ2n) is 5.44. The molecule has 0 radical (unpaired) electrons. The molecular formula is C19H12BrClN4. The van der Waals surface area contributed by atoms with E-state index in [0.29, 0.717) is 10.9 Å². The summed E-state index contributed by atoms with van der Waals surface area (Å²) in [5.41, 5.74) is 7.57. The van der Waals surface area contributed by atoms with E-state index in [1.807, 2.05) is 54.6 Å². The molecule has 122 valence electrons. The van der Waals surface area contributed by atoms with Crippen molar-refractivity contribution in [2.75, 3.05) is 0 Å². The minimum absolute atomic E-state index is 0.671. The number of pyridine rings is 1. The van der Waals surface area contributed by atoms with E-state index < -0.39 is 0 Å². The van der Waals surface area contributed by atoms with Gasteiger partial charge in [-0.15, -0.1) is 0 Å². The molecule has 4 rings (SSSR count). The van der Waals surface area contributed by atoms with Crippen molar-refractivity contribution in [3.8, 4) is 0 Å². The number of rotatable bonds is 2. The number of hydrazone groups is 1. The fourth-order valence-electron chi connectivity index (χ4n) is 2.58. The predicted octanol–water partition coefficient (Wildman–Crippen LogP) is 4.93. The number of nitrogens with one attached hydrogen (secondary N) is 1. The number of aromatic nitrogens is 1. The molecule has 3 aromatic rings. The summed E-state index contributed by atoms with van der Waals surface area (Å²) in [4.78, 5) is 8.85. The summed E-state index contributed by atoms with van der Waals surface area (Å²) >= 11 is 9.52. The number of fused-ring (bicyclic) bond motifs is 1. The van der Waals surface area contributed by atoms with E-state index >= 15 is 0 Å². The van der Waals surface area contributed by atoms with Gasteiger partial charge in [0.1, 0.15) is 5.71 Å². The van der Waals surface area contributed by atoms with Crippen molar-refractivity contribution < 1.29 is 0 Å². The van der Waals surface area contributed by atoms with E-state index in [2.05, 4.69) is 31.4 Å². The van der Waals surface area contributed by atoms with Crippen molar-refractivity contribution in [2.45, 2.75) is 0 Å². The molecule has 0 fully saturated rings. The Morgan fingerprint density at radius 3 is 2.40 bits per heavy atom. The second kappa shape index (κ2) is 6.78. The van der Waals surface area contributed by atoms with Gasteiger partial charge in [-0.1, -0.05) is 27.5 Å². The standard InChI is InChI=1S/C19H12BrClN4/c20-14-3-6-17-16(11-14)18(12-7-9-22-10-8-12)24-25-19(23-17)13-1-4-15(21)5-2-13/h1-11H,(H,23,25). The van der Waals surface area contributed by atoms with Gasteiger partial charge in [0.15, 0.2) is 5.84 Å². The van der Waals surface area contributed by atoms with Crippen LogP contribution in [0.3, 0.4) is 0 Å². The molecule has 1 aromatic heterocycles. The molecule has 0 saturated carbocycles. The van der Waals surface area contributed by atoms with Crippen molar-refractivity contribution in [3.63, 3.8) is 0 Å². The molecule has 1 N–H and O–H groups in total. The number of nitrogens with zero attached hydrogens (tertiary/aromatic N) is 3. The monoisotopic (exact) mass is 410 g/mol. The Bertz CT molecular complexity index is 982. The Hall–Kier alpha value is -2.50. The van der Waals surface area contributed by atoms with Crippen molar-refractivity contribution in [2.24, 2.45) is 10.1 Å². The number of aliphatic imine (C=N–C) groups is 1. The Morgan fingerprint density at radius 2 is 1.64 bits per heavy atom. The van der Waals surface area contributed by atoms with Crippen LogP contribution in [0, 0.1) is 0 Å². The lowest BCUT2D eigenvalue weighted by Gasteiger charge is -2.07. The third kappa shape index (κ3) is 3.34. The molecule has 0 aliphatic carbocycles. The summed E-state index contributed by atoms with van der Waals surface area (Å²) in [5, 5.41) is 5.29. The normalized spacial score (nSPS) is 13.2. The van der Waals surface area contributed by atoms with Gasteiger partial charge in [0, 0.05) is 38.6 Å². The summed E-state index contributed by atoms with van der Waals surface area (Å²) in [6.45, 7) is 0. The van der Waals surface area contributed by atoms with Crippen molar-refractivity contribution >= 4 is 44.8 Å². The Balaban J connectivity index is 1.87. The molecule has 6 heteroatoms. The van der Waals surface area contributed by atoms with E-state index in [1.54, 1.807) is 12.4 Å². The molecule has 0 spiro atoms. The molecule has 0 atom stereocenters. The maximum atomic E-state index is 5.99. The van der Waals surface area contributed by atoms with Crippen LogP contribution in [0.25, 0.3) is 0 Å². The molecule has 0 saturated heterocycles. The lowest BCUT2D eigenvalue weighted by Crippen LogP contribution is -2.19. The third-order valence-corrected chi connectivity index (χ3v) is 4.54. The second-order valence-corrected chi connectivity index (χ2v) is 6.79. The van der Waals surface area contributed by atoms with Gasteiger partial charge in [0.25, 0.3) is 0 Å². The lowest BCUT2D eigenvalue weighted by atomic mass is 10.0. The SMILES string of the molecule is Clc1ccc(C2=Nc3ccc(Br)cc3C(c3ccncc3)=NN2)cc1. The maximum absolute atomic E-state index is 5.99. The van der Waals surface area contributed by atoms with Crippen LogP contribution in [0.2, 0.25) is 5.02 Å². The molecular weight excluding hydrogens is 400 g/mol. The van der Waals surface area contributed by atoms with Crippen molar-refractivity contribution in [1.29, 1.82) is 0 Å². The van der Waals surface area contributed by atoms with Gasteiger partial charge in [-0.3, -0.25) is 10.4 Å². The topological polar surface area (TPSA) is 49.6 Å². The molecule has 0 bridgehead atoms. The van der Waals surface area contributed by atoms with Gasteiger partial charge in [-0.25, -0.2) is 4.99 Å². The van der Waals surface area contributed by atoms with Crippen LogP contribution in [-0.4, -0.2) is 16.5 Å². The van der Waals surface area contributed by atoms with E-state index in [0.717, 1.165) is 32.6 Å². The number of benzene rings is 2. The van der Waals surface area contributed by atoms with E-state index in [4.69, 9.17) is 16.6 Å². The zero-order chi connectivity index (χ0) is 17.2. The maximum Gasteiger partial charge on any atom is 0.154 e. The lowest BCUT2D eigenvalue weighted by molar-refractivity contribution is 1.03. The first-order valence-corrected chi connectivity index (χ1v) is 8.76. The first-order chi connectivity index (χ1) is 12.2. The summed E-state index contributed by atoms with van der Waals surface area (Å²) in [6, 6.07) is 17.3. The van der Waals surface area contributed by atoms with Crippen LogP contribution in [-0.2, 0) is 0 Å². The summed E-state index contributed by atoms with van der Waals surface area (Å²) in [5.74, 6) is 0.671. The van der Waals surface area contributed by atoms with Gasteiger partial charge in [-0.05, 0) is 54.6 Å². The molecule has 2 aromatic carbocycles. The van der Waals surface area contributed by atoms with Crippen LogP contribution in [0.15, 0.2) is 81.6 Å². The minimum atomic E-state index is 0.671. The van der Waals surface area contributed by atoms with E-state index in [9.17, 15) is 0 Å². The predicted molar refractivity (Wildman–Crippen MR) is 105 cm³/mol. The first-order valence-electron chi connectivity index (χ1n) is 7.59. The van der Waals surface area contributed by atoms with E-state index in [1.165, 1.54) is 0 Å². The minimum Gasteiger partial charge on any atom is -0.265 e. The Morgan fingerprint density at radius 1 is 0.880 bits per heavy atom. The highest BCUT2D eigenvalue weighted by atomic mass is 79.9. The molecule has 1 aliphatic heterocycles. The average molecular weight is 412 g/mol. The van der Waals surface area contributed by atoms with Crippen LogP contribution >= 0.6 is 27.5 Å². The van der Waals surface area contributed by atoms with Crippen LogP contribution in [0.4, 0.5) is 5.69 Å². The number of amidine groups is 1. The molecule has 4 nitrogen and oxygen atoms in total. The molecule has 0 amide bonds. The van der Waals surface area contributed by atoms with Crippen molar-refractivity contribution in [1.82, 2.24) is 10.4 Å². The van der Waals surface area contributed by atoms with Gasteiger partial charge in [0.05, 0.1) is 5.69 Å². The summed E-state index contributed by atoms with van der Waals surface area (Å²) in [7, 11) is 0. The molecule has 25 heavy (non-hydrogen) atoms. The first kappa shape index (κ1) is 16.0. The third-order valence-electron chi connectivity index (χ3n) is 3.79. The quantitative estimate of drug-likeness (QED) is 0.650. The highest BCUT2D eigenvalue weighted by molar-refractivity contribution is 9.10. The van der Waals surface area contributed by atoms with E-state index in [-0.39, 0.29) is 0 Å². The number of hydrogen-bond donors (Lipinski definition) is 1. The zero-order valence-corrected chi connectivity index (χ0v) is 15.3. The van der Waals surface area contributed by atoms with Crippen molar-refractivity contribution in [3.05, 3.63) is 93.2 Å². The smallest absolute Gasteiger partial charge is 0.154 e. The van der Waals surface area contributed by atoms with Crippen LogP contribution in [0.5, 0.6) is 0 Å². The summed E-state index contributed by atoms with van der Waals surface area (Å²) < 4.78 is 0.971. The Labute approximate surface area is 158 Å². The summed E-state index contributed by atoms with van der Waals surface area (Å²) in [6.07, 6.45) is 3.50. The van der Waals surface area contributed by atoms with Gasteiger partial charge < -0.3 is 0 Å². The highest BCUT2D eigenvalue weighted by Gasteiger charge is 2.17. The fraction of sp³-hybridized carbons (Fsp3) is 0. The fourth-order valence-corrected chi connectivity index (χ4v) is 3.06. The Kier molecular flexibility index (Phi) is 4.34.